The molecule has 10 heteroatoms. The summed E-state index contributed by atoms with van der Waals surface area (Å²) in [5.41, 5.74) is -0.757. The number of aromatic nitrogens is 2. The van der Waals surface area contributed by atoms with Crippen LogP contribution < -0.4 is 9.47 Å². The van der Waals surface area contributed by atoms with Crippen molar-refractivity contribution in [1.29, 1.82) is 0 Å². The predicted molar refractivity (Wildman–Crippen MR) is 110 cm³/mol. The molecule has 1 aliphatic rings. The molecule has 1 N–H and O–H groups in total. The maximum atomic E-state index is 12.3. The molecule has 0 aliphatic heterocycles. The lowest BCUT2D eigenvalue weighted by Gasteiger charge is -2.38. The number of aliphatic hydroxyl groups is 1. The Morgan fingerprint density at radius 3 is 2.74 bits per heavy atom. The number of hydrogen-bond acceptors (Lipinski definition) is 9. The summed E-state index contributed by atoms with van der Waals surface area (Å²) in [7, 11) is 1.36. The quantitative estimate of drug-likeness (QED) is 0.605. The Bertz CT molecular complexity index is 1030. The van der Waals surface area contributed by atoms with Crippen LogP contribution in [0.2, 0.25) is 5.02 Å². The van der Waals surface area contributed by atoms with E-state index in [4.69, 9.17) is 30.3 Å². The van der Waals surface area contributed by atoms with Crippen LogP contribution in [0.15, 0.2) is 22.4 Å². The number of carbonyl (C=O) groups excluding carboxylic acids is 2. The smallest absolute Gasteiger partial charge is 0.259 e. The van der Waals surface area contributed by atoms with Gasteiger partial charge in [-0.15, -0.1) is 0 Å². The molecule has 0 saturated heterocycles. The third-order valence-corrected chi connectivity index (χ3v) is 5.49. The lowest BCUT2D eigenvalue weighted by molar-refractivity contribution is -0.130. The maximum absolute atomic E-state index is 12.3. The normalized spacial score (nSPS) is 20.9. The van der Waals surface area contributed by atoms with Crippen molar-refractivity contribution in [3.63, 3.8) is 0 Å². The second-order valence-electron chi connectivity index (χ2n) is 7.21. The van der Waals surface area contributed by atoms with Crippen LogP contribution in [0.4, 0.5) is 0 Å². The van der Waals surface area contributed by atoms with Crippen molar-refractivity contribution in [2.24, 2.45) is 5.92 Å². The van der Waals surface area contributed by atoms with Gasteiger partial charge >= 0.3 is 0 Å². The van der Waals surface area contributed by atoms with Crippen molar-refractivity contribution in [3.8, 4) is 23.0 Å². The van der Waals surface area contributed by atoms with Gasteiger partial charge in [0.1, 0.15) is 18.1 Å². The number of rotatable bonds is 8. The summed E-state index contributed by atoms with van der Waals surface area (Å²) < 4.78 is 22.5. The van der Waals surface area contributed by atoms with Crippen LogP contribution >= 0.6 is 11.6 Å². The van der Waals surface area contributed by atoms with Gasteiger partial charge in [0.25, 0.3) is 5.89 Å². The van der Waals surface area contributed by atoms with E-state index in [1.807, 2.05) is 0 Å². The molecule has 0 spiro atoms. The molecule has 1 aromatic carbocycles. The maximum Gasteiger partial charge on any atom is 0.259 e. The number of allylic oxidation sites excluding steroid dienone is 1. The molecule has 1 aliphatic carbocycles. The fraction of sp³-hybridized carbons (Fsp3) is 0.429. The molecule has 0 unspecified atom stereocenters. The number of carbonyl (C=O) groups is 2. The molecule has 0 fully saturated rings. The zero-order valence-electron chi connectivity index (χ0n) is 17.6. The lowest BCUT2D eigenvalue weighted by Crippen LogP contribution is -2.50. The molecule has 31 heavy (non-hydrogen) atoms. The first-order chi connectivity index (χ1) is 14.8. The van der Waals surface area contributed by atoms with E-state index in [9.17, 15) is 14.7 Å². The summed E-state index contributed by atoms with van der Waals surface area (Å²) in [5.74, 6) is 0.413. The molecule has 2 atom stereocenters. The zero-order valence-corrected chi connectivity index (χ0v) is 18.4. The number of methoxy groups -OCH3 is 1. The number of ketones is 1. The van der Waals surface area contributed by atoms with Crippen LogP contribution in [0.3, 0.4) is 0 Å². The van der Waals surface area contributed by atoms with E-state index >= 15 is 0 Å². The SMILES string of the molecule is COC1=CC(=O)C[C@@H](C)[C@]1(C=O)Oc1c(C)c(OCCO)cc(-c2nc(C)no2)c1Cl. The number of benzene rings is 1. The standard InChI is InChI=1S/C21H23ClN2O7/c1-11-7-14(27)8-17(28-4)21(11,10-26)30-19-12(2)16(29-6-5-25)9-15(18(19)22)20-23-13(3)24-31-20/h8-11,25H,5-7H2,1-4H3/t11-,21+/m1/s1. The highest BCUT2D eigenvalue weighted by molar-refractivity contribution is 6.35. The fourth-order valence-electron chi connectivity index (χ4n) is 3.44. The van der Waals surface area contributed by atoms with E-state index in [0.29, 0.717) is 29.0 Å². The van der Waals surface area contributed by atoms with Crippen LogP contribution in [0.25, 0.3) is 11.5 Å². The van der Waals surface area contributed by atoms with Crippen molar-refractivity contribution in [3.05, 3.63) is 34.3 Å². The molecule has 0 amide bonds. The van der Waals surface area contributed by atoms with Gasteiger partial charge < -0.3 is 23.8 Å². The minimum Gasteiger partial charge on any atom is -0.496 e. The molecule has 1 aromatic heterocycles. The van der Waals surface area contributed by atoms with Crippen LogP contribution in [-0.4, -0.2) is 53.2 Å². The van der Waals surface area contributed by atoms with Gasteiger partial charge in [-0.3, -0.25) is 9.59 Å². The van der Waals surface area contributed by atoms with E-state index < -0.39 is 11.5 Å². The van der Waals surface area contributed by atoms with Gasteiger partial charge in [0.2, 0.25) is 5.60 Å². The highest BCUT2D eigenvalue weighted by Gasteiger charge is 2.48. The number of ether oxygens (including phenoxy) is 3. The molecular weight excluding hydrogens is 428 g/mol. The number of aldehydes is 1. The Morgan fingerprint density at radius 1 is 1.42 bits per heavy atom. The number of hydrogen-bond donors (Lipinski definition) is 1. The number of aliphatic hydroxyl groups excluding tert-OH is 1. The zero-order chi connectivity index (χ0) is 22.8. The summed E-state index contributed by atoms with van der Waals surface area (Å²) in [4.78, 5) is 28.5. The summed E-state index contributed by atoms with van der Waals surface area (Å²) >= 11 is 6.67. The largest absolute Gasteiger partial charge is 0.496 e. The first-order valence-corrected chi connectivity index (χ1v) is 9.97. The molecular formula is C21H23ClN2O7. The summed E-state index contributed by atoms with van der Waals surface area (Å²) in [6, 6.07) is 1.60. The molecule has 0 bridgehead atoms. The minimum absolute atomic E-state index is 0.0250. The van der Waals surface area contributed by atoms with Crippen LogP contribution in [0, 0.1) is 19.8 Å². The van der Waals surface area contributed by atoms with Crippen LogP contribution in [0.1, 0.15) is 24.7 Å². The second kappa shape index (κ2) is 9.07. The number of nitrogens with zero attached hydrogens (tertiary/aromatic N) is 2. The van der Waals surface area contributed by atoms with E-state index in [0.717, 1.165) is 0 Å². The van der Waals surface area contributed by atoms with E-state index in [-0.39, 0.29) is 47.8 Å². The Morgan fingerprint density at radius 2 is 2.16 bits per heavy atom. The van der Waals surface area contributed by atoms with Gasteiger partial charge in [-0.2, -0.15) is 4.98 Å². The van der Waals surface area contributed by atoms with Gasteiger partial charge in [0.05, 0.1) is 24.3 Å². The van der Waals surface area contributed by atoms with Gasteiger partial charge in [-0.1, -0.05) is 23.7 Å². The highest BCUT2D eigenvalue weighted by Crippen LogP contribution is 2.46. The molecule has 0 radical (unpaired) electrons. The molecule has 1 heterocycles. The third kappa shape index (κ3) is 4.15. The average molecular weight is 451 g/mol. The Balaban J connectivity index is 2.20. The number of aryl methyl sites for hydroxylation is 1. The van der Waals surface area contributed by atoms with Crippen molar-refractivity contribution >= 4 is 23.7 Å². The van der Waals surface area contributed by atoms with Crippen molar-refractivity contribution in [1.82, 2.24) is 10.1 Å². The molecule has 3 rings (SSSR count). The van der Waals surface area contributed by atoms with Crippen LogP contribution in [-0.2, 0) is 14.3 Å². The van der Waals surface area contributed by atoms with Crippen molar-refractivity contribution < 1.29 is 33.4 Å². The van der Waals surface area contributed by atoms with Gasteiger partial charge in [0, 0.05) is 24.0 Å². The van der Waals surface area contributed by atoms with E-state index in [1.54, 1.807) is 26.8 Å². The molecule has 166 valence electrons. The Labute approximate surface area is 183 Å². The topological polar surface area (TPSA) is 121 Å². The van der Waals surface area contributed by atoms with Crippen molar-refractivity contribution in [2.75, 3.05) is 20.3 Å². The average Bonchev–Trinajstić information content (AvgIpc) is 3.17. The summed E-state index contributed by atoms with van der Waals surface area (Å²) in [6.07, 6.45) is 1.96. The monoisotopic (exact) mass is 450 g/mol. The lowest BCUT2D eigenvalue weighted by atomic mass is 9.79. The third-order valence-electron chi connectivity index (χ3n) is 5.11. The van der Waals surface area contributed by atoms with Gasteiger partial charge in [0.15, 0.2) is 23.7 Å². The number of halogens is 1. The Kier molecular flexibility index (Phi) is 6.66. The van der Waals surface area contributed by atoms with Gasteiger partial charge in [-0.05, 0) is 19.9 Å². The minimum atomic E-state index is -1.57. The molecule has 2 aromatic rings. The van der Waals surface area contributed by atoms with E-state index in [1.165, 1.54) is 13.2 Å². The van der Waals surface area contributed by atoms with Crippen LogP contribution in [0.5, 0.6) is 11.5 Å². The first-order valence-electron chi connectivity index (χ1n) is 9.59. The second-order valence-corrected chi connectivity index (χ2v) is 7.58. The molecule has 9 nitrogen and oxygen atoms in total. The Hall–Kier alpha value is -2.91. The predicted octanol–water partition coefficient (Wildman–Crippen LogP) is 2.83. The summed E-state index contributed by atoms with van der Waals surface area (Å²) in [6.45, 7) is 4.89. The summed E-state index contributed by atoms with van der Waals surface area (Å²) in [5, 5.41) is 13.1. The highest BCUT2D eigenvalue weighted by atomic mass is 35.5. The first kappa shape index (κ1) is 22.8. The van der Waals surface area contributed by atoms with Gasteiger partial charge in [-0.25, -0.2) is 0 Å². The molecule has 0 saturated carbocycles. The fourth-order valence-corrected chi connectivity index (χ4v) is 3.76. The van der Waals surface area contributed by atoms with E-state index in [2.05, 4.69) is 10.1 Å². The van der Waals surface area contributed by atoms with Crippen molar-refractivity contribution in [2.45, 2.75) is 32.8 Å².